The molecule has 0 saturated heterocycles. The number of benzene rings is 1. The summed E-state index contributed by atoms with van der Waals surface area (Å²) >= 11 is 13.6. The van der Waals surface area contributed by atoms with Crippen molar-refractivity contribution in [3.8, 4) is 22.2 Å². The molecule has 0 spiro atoms. The molecule has 2 heterocycles. The molecule has 0 saturated carbocycles. The molecule has 6 nitrogen and oxygen atoms in total. The molecule has 0 aliphatic rings. The fourth-order valence-electron chi connectivity index (χ4n) is 2.11. The van der Waals surface area contributed by atoms with Gasteiger partial charge in [-0.05, 0) is 29.6 Å². The Morgan fingerprint density at radius 1 is 1.33 bits per heavy atom. The van der Waals surface area contributed by atoms with Gasteiger partial charge in [-0.3, -0.25) is 4.79 Å². The quantitative estimate of drug-likeness (QED) is 0.707. The topological polar surface area (TPSA) is 79.5 Å². The molecular weight excluding hydrogens is 373 g/mol. The van der Waals surface area contributed by atoms with Gasteiger partial charge >= 0.3 is 5.97 Å². The second-order valence-electron chi connectivity index (χ2n) is 4.94. The van der Waals surface area contributed by atoms with Crippen LogP contribution in [0, 0.1) is 0 Å². The zero-order chi connectivity index (χ0) is 17.3. The number of carboxylic acids is 1. The molecule has 24 heavy (non-hydrogen) atoms. The van der Waals surface area contributed by atoms with Gasteiger partial charge in [0.15, 0.2) is 0 Å². The first-order chi connectivity index (χ1) is 11.5. The van der Waals surface area contributed by atoms with Crippen LogP contribution < -0.4 is 4.90 Å². The van der Waals surface area contributed by atoms with Crippen LogP contribution in [0.1, 0.15) is 0 Å². The smallest absolute Gasteiger partial charge is 0.323 e. The highest BCUT2D eigenvalue weighted by Crippen LogP contribution is 2.34. The van der Waals surface area contributed by atoms with Crippen molar-refractivity contribution >= 4 is 46.2 Å². The van der Waals surface area contributed by atoms with Crippen LogP contribution in [0.4, 0.5) is 5.69 Å². The highest BCUT2D eigenvalue weighted by Gasteiger charge is 2.17. The molecule has 3 rings (SSSR count). The molecule has 0 amide bonds. The number of hydrogen-bond acceptors (Lipinski definition) is 6. The standard InChI is InChI=1S/C15H11Cl2N3O3S/c1-20(7-12(21)22)11-6-8(2-3-9(11)16)14-18-15(23-19-14)13-10(17)4-5-24-13/h2-6H,7H2,1H3,(H,21,22). The second-order valence-corrected chi connectivity index (χ2v) is 6.67. The summed E-state index contributed by atoms with van der Waals surface area (Å²) in [6.07, 6.45) is 0. The molecule has 2 aromatic heterocycles. The minimum Gasteiger partial charge on any atom is -0.480 e. The van der Waals surface area contributed by atoms with E-state index in [1.807, 2.05) is 5.38 Å². The van der Waals surface area contributed by atoms with Crippen molar-refractivity contribution in [2.45, 2.75) is 0 Å². The minimum atomic E-state index is -0.951. The van der Waals surface area contributed by atoms with Gasteiger partial charge in [0, 0.05) is 12.6 Å². The van der Waals surface area contributed by atoms with Crippen molar-refractivity contribution < 1.29 is 14.4 Å². The van der Waals surface area contributed by atoms with Gasteiger partial charge in [0.25, 0.3) is 5.89 Å². The molecule has 0 aliphatic heterocycles. The van der Waals surface area contributed by atoms with E-state index in [-0.39, 0.29) is 6.54 Å². The van der Waals surface area contributed by atoms with Crippen LogP contribution in [0.15, 0.2) is 34.2 Å². The van der Waals surface area contributed by atoms with Crippen molar-refractivity contribution in [2.24, 2.45) is 0 Å². The Kier molecular flexibility index (Phi) is 4.75. The molecule has 0 bridgehead atoms. The largest absolute Gasteiger partial charge is 0.480 e. The van der Waals surface area contributed by atoms with Crippen LogP contribution in [0.3, 0.4) is 0 Å². The molecular formula is C15H11Cl2N3O3S. The molecule has 0 atom stereocenters. The molecule has 124 valence electrons. The summed E-state index contributed by atoms with van der Waals surface area (Å²) in [6, 6.07) is 6.88. The SMILES string of the molecule is CN(CC(=O)O)c1cc(-c2noc(-c3sccc3Cl)n2)ccc1Cl. The Bertz CT molecular complexity index is 894. The molecule has 0 aliphatic carbocycles. The lowest BCUT2D eigenvalue weighted by Crippen LogP contribution is -2.25. The zero-order valence-corrected chi connectivity index (χ0v) is 14.7. The number of aliphatic carboxylic acids is 1. The number of halogens is 2. The zero-order valence-electron chi connectivity index (χ0n) is 12.4. The van der Waals surface area contributed by atoms with Gasteiger partial charge in [0.05, 0.1) is 15.7 Å². The number of aromatic nitrogens is 2. The first kappa shape index (κ1) is 16.8. The average Bonchev–Trinajstić information content (AvgIpc) is 3.15. The van der Waals surface area contributed by atoms with Gasteiger partial charge in [-0.25, -0.2) is 0 Å². The van der Waals surface area contributed by atoms with Crippen molar-refractivity contribution in [1.82, 2.24) is 10.1 Å². The van der Waals surface area contributed by atoms with Crippen molar-refractivity contribution in [1.29, 1.82) is 0 Å². The molecule has 1 aromatic carbocycles. The van der Waals surface area contributed by atoms with Crippen LogP contribution in [0.5, 0.6) is 0 Å². The first-order valence-corrected chi connectivity index (χ1v) is 8.39. The molecule has 9 heteroatoms. The summed E-state index contributed by atoms with van der Waals surface area (Å²) in [5.41, 5.74) is 1.23. The van der Waals surface area contributed by atoms with Gasteiger partial charge in [-0.1, -0.05) is 28.4 Å². The van der Waals surface area contributed by atoms with E-state index in [1.165, 1.54) is 16.2 Å². The predicted molar refractivity (Wildman–Crippen MR) is 94.0 cm³/mol. The Labute approximate surface area is 151 Å². The van der Waals surface area contributed by atoms with E-state index >= 15 is 0 Å². The number of rotatable bonds is 5. The van der Waals surface area contributed by atoms with Crippen LogP contribution in [-0.4, -0.2) is 34.8 Å². The lowest BCUT2D eigenvalue weighted by Gasteiger charge is -2.18. The van der Waals surface area contributed by atoms with Crippen LogP contribution >= 0.6 is 34.5 Å². The molecule has 0 radical (unpaired) electrons. The molecule has 1 N–H and O–H groups in total. The number of carbonyl (C=O) groups is 1. The number of anilines is 1. The Hall–Kier alpha value is -2.09. The van der Waals surface area contributed by atoms with Gasteiger partial charge in [0.1, 0.15) is 11.4 Å². The Morgan fingerprint density at radius 2 is 2.12 bits per heavy atom. The van der Waals surface area contributed by atoms with E-state index in [0.717, 1.165) is 0 Å². The molecule has 0 fully saturated rings. The van der Waals surface area contributed by atoms with Crippen molar-refractivity contribution in [3.05, 3.63) is 39.7 Å². The molecule has 3 aromatic rings. The Morgan fingerprint density at radius 3 is 2.79 bits per heavy atom. The maximum Gasteiger partial charge on any atom is 0.323 e. The van der Waals surface area contributed by atoms with E-state index in [0.29, 0.717) is 37.9 Å². The van der Waals surface area contributed by atoms with Gasteiger partial charge in [-0.2, -0.15) is 4.98 Å². The summed E-state index contributed by atoms with van der Waals surface area (Å²) < 4.78 is 5.26. The van der Waals surface area contributed by atoms with E-state index in [4.69, 9.17) is 32.8 Å². The van der Waals surface area contributed by atoms with Crippen LogP contribution in [0.25, 0.3) is 22.2 Å². The Balaban J connectivity index is 1.94. The number of nitrogens with zero attached hydrogens (tertiary/aromatic N) is 3. The van der Waals surface area contributed by atoms with Crippen molar-refractivity contribution in [3.63, 3.8) is 0 Å². The van der Waals surface area contributed by atoms with E-state index in [1.54, 1.807) is 31.3 Å². The van der Waals surface area contributed by atoms with Gasteiger partial charge in [-0.15, -0.1) is 11.3 Å². The fraction of sp³-hybridized carbons (Fsp3) is 0.133. The van der Waals surface area contributed by atoms with Crippen LogP contribution in [-0.2, 0) is 4.79 Å². The number of hydrogen-bond donors (Lipinski definition) is 1. The second kappa shape index (κ2) is 6.80. The number of likely N-dealkylation sites (N-methyl/N-ethyl adjacent to an activating group) is 1. The third-order valence-corrected chi connectivity index (χ3v) is 4.87. The third-order valence-electron chi connectivity index (χ3n) is 3.23. The normalized spacial score (nSPS) is 10.8. The molecule has 0 unspecified atom stereocenters. The van der Waals surface area contributed by atoms with Gasteiger partial charge < -0.3 is 14.5 Å². The summed E-state index contributed by atoms with van der Waals surface area (Å²) in [5.74, 6) is -0.246. The maximum absolute atomic E-state index is 10.9. The van der Waals surface area contributed by atoms with Gasteiger partial charge in [0.2, 0.25) is 5.82 Å². The van der Waals surface area contributed by atoms with Crippen LogP contribution in [0.2, 0.25) is 10.0 Å². The highest BCUT2D eigenvalue weighted by molar-refractivity contribution is 7.14. The van der Waals surface area contributed by atoms with E-state index in [9.17, 15) is 4.79 Å². The highest BCUT2D eigenvalue weighted by atomic mass is 35.5. The first-order valence-electron chi connectivity index (χ1n) is 6.75. The summed E-state index contributed by atoms with van der Waals surface area (Å²) in [4.78, 5) is 17.5. The van der Waals surface area contributed by atoms with Crippen molar-refractivity contribution in [2.75, 3.05) is 18.5 Å². The number of carboxylic acid groups (broad SMARTS) is 1. The fourth-order valence-corrected chi connectivity index (χ4v) is 3.43. The minimum absolute atomic E-state index is 0.175. The summed E-state index contributed by atoms with van der Waals surface area (Å²) in [7, 11) is 1.65. The summed E-state index contributed by atoms with van der Waals surface area (Å²) in [6.45, 7) is -0.175. The number of thiophene rings is 1. The average molecular weight is 384 g/mol. The maximum atomic E-state index is 10.9. The monoisotopic (exact) mass is 383 g/mol. The lowest BCUT2D eigenvalue weighted by molar-refractivity contribution is -0.135. The van der Waals surface area contributed by atoms with E-state index < -0.39 is 5.97 Å². The van der Waals surface area contributed by atoms with E-state index in [2.05, 4.69) is 10.1 Å². The predicted octanol–water partition coefficient (Wildman–Crippen LogP) is 4.29. The lowest BCUT2D eigenvalue weighted by atomic mass is 10.2. The third kappa shape index (κ3) is 3.38. The summed E-state index contributed by atoms with van der Waals surface area (Å²) in [5, 5.41) is 15.7.